The summed E-state index contributed by atoms with van der Waals surface area (Å²) in [6.45, 7) is 6.00. The quantitative estimate of drug-likeness (QED) is 0.186. The van der Waals surface area contributed by atoms with Gasteiger partial charge >= 0.3 is 0 Å². The van der Waals surface area contributed by atoms with Gasteiger partial charge in [0.25, 0.3) is 0 Å². The zero-order valence-electron chi connectivity index (χ0n) is 30.7. The number of rotatable bonds is 13. The fourth-order valence-corrected chi connectivity index (χ4v) is 6.14. The normalized spacial score (nSPS) is 17.5. The minimum absolute atomic E-state index is 0.0351. The molecule has 53 heavy (non-hydrogen) atoms. The average molecular weight is 728 g/mol. The summed E-state index contributed by atoms with van der Waals surface area (Å²) in [4.78, 5) is 77.3. The molecule has 14 heteroatoms. The van der Waals surface area contributed by atoms with Crippen LogP contribution in [0, 0.1) is 23.2 Å². The van der Waals surface area contributed by atoms with Crippen LogP contribution in [0.2, 0.25) is 0 Å². The van der Waals surface area contributed by atoms with Gasteiger partial charge in [-0.05, 0) is 54.8 Å². The Labute approximate surface area is 309 Å². The molecule has 1 aliphatic rings. The van der Waals surface area contributed by atoms with Gasteiger partial charge in [-0.3, -0.25) is 24.0 Å². The summed E-state index contributed by atoms with van der Waals surface area (Å²) in [5, 5.41) is 22.9. The zero-order valence-corrected chi connectivity index (χ0v) is 30.7. The Hall–Kier alpha value is -5.52. The monoisotopic (exact) mass is 727 g/mol. The van der Waals surface area contributed by atoms with Crippen LogP contribution in [0.5, 0.6) is 11.5 Å². The standard InChI is InChI=1S/C37H43N7O7.C2H6/c1-22-14-33(48)35(44(2)37(50)25(9-11-39)18-32(47)26-19-41-21-42-20-26)24-6-8-34(51-13-12-40)28(17-24)27-15-23(5-7-30(27)45)16-29(43-36(22)49)31(46)4-3-10-38;1-2/h5-8,15,17,19-22,25,29,35,45H,3-4,9,11-14,16,18,39-40H2,1-2H3,(H,43,49);1-2H3/t22-,25-,29+,35+;/m0./s1. The Morgan fingerprint density at radius 1 is 1.06 bits per heavy atom. The van der Waals surface area contributed by atoms with Gasteiger partial charge in [-0.1, -0.05) is 32.9 Å². The van der Waals surface area contributed by atoms with E-state index in [4.69, 9.17) is 21.5 Å². The number of benzene rings is 2. The summed E-state index contributed by atoms with van der Waals surface area (Å²) in [6, 6.07) is 9.37. The number of nitrogens with zero attached hydrogens (tertiary/aromatic N) is 4. The average Bonchev–Trinajstić information content (AvgIpc) is 3.17. The molecule has 0 aliphatic carbocycles. The molecule has 2 heterocycles. The number of ether oxygens (including phenoxy) is 1. The molecule has 6 N–H and O–H groups in total. The van der Waals surface area contributed by atoms with Crippen molar-refractivity contribution in [3.8, 4) is 28.7 Å². The van der Waals surface area contributed by atoms with E-state index in [0.717, 1.165) is 0 Å². The smallest absolute Gasteiger partial charge is 0.226 e. The number of ketones is 3. The summed E-state index contributed by atoms with van der Waals surface area (Å²) in [6.07, 6.45) is 3.61. The lowest BCUT2D eigenvalue weighted by Gasteiger charge is -2.32. The number of amides is 2. The van der Waals surface area contributed by atoms with Crippen molar-refractivity contribution in [1.29, 1.82) is 5.26 Å². The van der Waals surface area contributed by atoms with E-state index in [9.17, 15) is 29.1 Å². The second kappa shape index (κ2) is 20.5. The summed E-state index contributed by atoms with van der Waals surface area (Å²) in [7, 11) is 1.46. The first-order valence-electron chi connectivity index (χ1n) is 17.8. The lowest BCUT2D eigenvalue weighted by Crippen LogP contribution is -2.46. The number of nitrogens with one attached hydrogen (secondary N) is 1. The van der Waals surface area contributed by atoms with Crippen LogP contribution in [-0.2, 0) is 25.6 Å². The highest BCUT2D eigenvalue weighted by molar-refractivity contribution is 5.99. The first-order valence-corrected chi connectivity index (χ1v) is 17.8. The molecule has 0 unspecified atom stereocenters. The number of nitrogens with two attached hydrogens (primary N) is 2. The topological polar surface area (TPSA) is 232 Å². The molecule has 3 aromatic rings. The van der Waals surface area contributed by atoms with Crippen LogP contribution in [0.1, 0.15) is 80.4 Å². The third-order valence-corrected chi connectivity index (χ3v) is 8.85. The van der Waals surface area contributed by atoms with Crippen molar-refractivity contribution in [3.63, 3.8) is 0 Å². The minimum Gasteiger partial charge on any atom is -0.507 e. The number of hydrogen-bond acceptors (Lipinski definition) is 12. The Bertz CT molecular complexity index is 1790. The van der Waals surface area contributed by atoms with E-state index in [1.54, 1.807) is 37.3 Å². The second-order valence-electron chi connectivity index (χ2n) is 12.6. The van der Waals surface area contributed by atoms with Crippen molar-refractivity contribution in [2.75, 3.05) is 26.7 Å². The van der Waals surface area contributed by atoms with Crippen LogP contribution in [0.4, 0.5) is 0 Å². The molecule has 1 aliphatic heterocycles. The van der Waals surface area contributed by atoms with Gasteiger partial charge in [0.15, 0.2) is 17.3 Å². The van der Waals surface area contributed by atoms with Crippen LogP contribution < -0.4 is 21.5 Å². The molecule has 2 amide bonds. The Kier molecular flexibility index (Phi) is 16.2. The summed E-state index contributed by atoms with van der Waals surface area (Å²) in [5.41, 5.74) is 13.5. The molecule has 14 nitrogen and oxygen atoms in total. The molecule has 4 atom stereocenters. The second-order valence-corrected chi connectivity index (χ2v) is 12.6. The van der Waals surface area contributed by atoms with E-state index >= 15 is 0 Å². The maximum atomic E-state index is 14.3. The SMILES string of the molecule is CC.C[C@H]1CC(=O)[C@H](N(C)C(=O)[C@@H](CCN)CC(=O)c2cncnc2)c2ccc(OCCN)c(c2)-c2cc(ccc2O)C[C@H](C(=O)CCC#N)NC1=O. The highest BCUT2D eigenvalue weighted by Gasteiger charge is 2.36. The summed E-state index contributed by atoms with van der Waals surface area (Å²) >= 11 is 0. The molecular weight excluding hydrogens is 678 g/mol. The van der Waals surface area contributed by atoms with Crippen molar-refractivity contribution in [3.05, 3.63) is 71.8 Å². The molecule has 1 aromatic heterocycles. The van der Waals surface area contributed by atoms with Crippen molar-refractivity contribution in [2.45, 2.75) is 71.4 Å². The molecule has 0 radical (unpaired) electrons. The van der Waals surface area contributed by atoms with Gasteiger partial charge in [-0.15, -0.1) is 0 Å². The lowest BCUT2D eigenvalue weighted by molar-refractivity contribution is -0.142. The number of aromatic hydroxyl groups is 1. The van der Waals surface area contributed by atoms with Crippen molar-refractivity contribution in [1.82, 2.24) is 20.2 Å². The van der Waals surface area contributed by atoms with Gasteiger partial charge in [0.1, 0.15) is 30.5 Å². The molecule has 2 aromatic carbocycles. The van der Waals surface area contributed by atoms with Crippen LogP contribution in [-0.4, -0.2) is 81.9 Å². The van der Waals surface area contributed by atoms with Crippen LogP contribution in [0.25, 0.3) is 11.1 Å². The number of carbonyl (C=O) groups is 5. The van der Waals surface area contributed by atoms with Crippen LogP contribution in [0.15, 0.2) is 55.1 Å². The Balaban J connectivity index is 0.00000372. The van der Waals surface area contributed by atoms with E-state index < -0.39 is 41.5 Å². The van der Waals surface area contributed by atoms with E-state index in [0.29, 0.717) is 28.0 Å². The Morgan fingerprint density at radius 3 is 2.43 bits per heavy atom. The van der Waals surface area contributed by atoms with Crippen molar-refractivity contribution >= 4 is 29.2 Å². The van der Waals surface area contributed by atoms with E-state index in [1.807, 2.05) is 19.9 Å². The maximum absolute atomic E-state index is 14.3. The summed E-state index contributed by atoms with van der Waals surface area (Å²) in [5.74, 6) is -3.83. The minimum atomic E-state index is -1.23. The predicted octanol–water partition coefficient (Wildman–Crippen LogP) is 3.46. The number of phenolic OH excluding ortho intramolecular Hbond substituents is 1. The summed E-state index contributed by atoms with van der Waals surface area (Å²) < 4.78 is 5.94. The third kappa shape index (κ3) is 11.0. The van der Waals surface area contributed by atoms with E-state index in [-0.39, 0.29) is 81.1 Å². The third-order valence-electron chi connectivity index (χ3n) is 8.85. The zero-order chi connectivity index (χ0) is 39.1. The first-order chi connectivity index (χ1) is 25.5. The van der Waals surface area contributed by atoms with Gasteiger partial charge in [-0.25, -0.2) is 9.97 Å². The fraction of sp³-hybridized carbons (Fsp3) is 0.436. The van der Waals surface area contributed by atoms with E-state index in [1.165, 1.54) is 36.7 Å². The number of hydrogen-bond donors (Lipinski definition) is 4. The molecule has 4 bridgehead atoms. The molecule has 4 rings (SSSR count). The number of fused-ring (bicyclic) bond motifs is 5. The van der Waals surface area contributed by atoms with Gasteiger partial charge < -0.3 is 31.5 Å². The number of carbonyl (C=O) groups excluding carboxylic acids is 5. The lowest BCUT2D eigenvalue weighted by atomic mass is 9.88. The number of aromatic nitrogens is 2. The highest BCUT2D eigenvalue weighted by atomic mass is 16.5. The van der Waals surface area contributed by atoms with Crippen molar-refractivity contribution < 1.29 is 33.8 Å². The van der Waals surface area contributed by atoms with Crippen molar-refractivity contribution in [2.24, 2.45) is 23.3 Å². The predicted molar refractivity (Wildman–Crippen MR) is 197 cm³/mol. The van der Waals surface area contributed by atoms with E-state index in [2.05, 4.69) is 15.3 Å². The number of likely N-dealkylation sites (N-methyl/N-ethyl adjacent to an activating group) is 1. The molecule has 0 saturated heterocycles. The van der Waals surface area contributed by atoms with Gasteiger partial charge in [-0.2, -0.15) is 5.26 Å². The van der Waals surface area contributed by atoms with Gasteiger partial charge in [0.05, 0.1) is 17.7 Å². The number of phenols is 1. The molecule has 0 fully saturated rings. The first kappa shape index (κ1) is 41.9. The molecule has 0 saturated carbocycles. The Morgan fingerprint density at radius 2 is 1.77 bits per heavy atom. The van der Waals surface area contributed by atoms with Gasteiger partial charge in [0.2, 0.25) is 11.8 Å². The fourth-order valence-electron chi connectivity index (χ4n) is 6.14. The number of nitriles is 1. The number of Topliss-reactive ketones (excluding diaryl/α,β-unsaturated/α-hetero) is 3. The van der Waals surface area contributed by atoms with Gasteiger partial charge in [0, 0.05) is 74.6 Å². The molecule has 282 valence electrons. The van der Waals surface area contributed by atoms with Crippen LogP contribution >= 0.6 is 0 Å². The highest BCUT2D eigenvalue weighted by Crippen LogP contribution is 2.40. The maximum Gasteiger partial charge on any atom is 0.226 e. The molecular formula is C39H49N7O7. The van der Waals surface area contributed by atoms with Crippen LogP contribution in [0.3, 0.4) is 0 Å². The largest absolute Gasteiger partial charge is 0.507 e. The molecule has 0 spiro atoms.